The number of nitrogens with zero attached hydrogens (tertiary/aromatic N) is 1. The largest absolute Gasteiger partial charge is 0.299 e. The summed E-state index contributed by atoms with van der Waals surface area (Å²) in [7, 11) is 0. The summed E-state index contributed by atoms with van der Waals surface area (Å²) in [5, 5.41) is 0. The van der Waals surface area contributed by atoms with E-state index in [1.807, 2.05) is 0 Å². The summed E-state index contributed by atoms with van der Waals surface area (Å²) in [6, 6.07) is 0. The van der Waals surface area contributed by atoms with Gasteiger partial charge in [0.1, 0.15) is 0 Å². The molecule has 0 fully saturated rings. The third-order valence-electron chi connectivity index (χ3n) is 1.76. The number of hydrogen-bond acceptors (Lipinski definition) is 1. The molecular formula is C11H23N. The smallest absolute Gasteiger partial charge is 0.0163 e. The Balaban J connectivity index is 3.69. The second kappa shape index (κ2) is 7.35. The van der Waals surface area contributed by atoms with Gasteiger partial charge in [-0.25, -0.2) is 0 Å². The molecule has 0 unspecified atom stereocenters. The predicted molar refractivity (Wildman–Crippen MR) is 56.4 cm³/mol. The van der Waals surface area contributed by atoms with Crippen molar-refractivity contribution in [3.05, 3.63) is 12.2 Å². The molecule has 0 rings (SSSR count). The molecule has 0 aromatic rings. The lowest BCUT2D eigenvalue weighted by molar-refractivity contribution is 0.269. The van der Waals surface area contributed by atoms with Gasteiger partial charge in [0.2, 0.25) is 0 Å². The molecule has 0 aliphatic rings. The van der Waals surface area contributed by atoms with Crippen LogP contribution >= 0.6 is 0 Å². The van der Waals surface area contributed by atoms with E-state index >= 15 is 0 Å². The van der Waals surface area contributed by atoms with E-state index in [2.05, 4.69) is 44.7 Å². The van der Waals surface area contributed by atoms with E-state index in [0.717, 1.165) is 12.5 Å². The van der Waals surface area contributed by atoms with Crippen molar-refractivity contribution in [3.63, 3.8) is 0 Å². The zero-order valence-electron chi connectivity index (χ0n) is 9.01. The summed E-state index contributed by atoms with van der Waals surface area (Å²) in [6.45, 7) is 12.4. The summed E-state index contributed by atoms with van der Waals surface area (Å²) in [5.74, 6) is 0.779. The van der Waals surface area contributed by atoms with Gasteiger partial charge in [0.15, 0.2) is 0 Å². The monoisotopic (exact) mass is 169 g/mol. The number of rotatable bonds is 6. The summed E-state index contributed by atoms with van der Waals surface area (Å²) in [5.41, 5.74) is 0. The SMILES string of the molecule is C/C=C/CN(CCC)CC(C)C. The lowest BCUT2D eigenvalue weighted by Gasteiger charge is -2.21. The van der Waals surface area contributed by atoms with Crippen LogP contribution < -0.4 is 0 Å². The van der Waals surface area contributed by atoms with E-state index < -0.39 is 0 Å². The molecular weight excluding hydrogens is 146 g/mol. The zero-order valence-corrected chi connectivity index (χ0v) is 9.01. The van der Waals surface area contributed by atoms with Gasteiger partial charge < -0.3 is 0 Å². The highest BCUT2D eigenvalue weighted by atomic mass is 15.1. The Labute approximate surface area is 77.5 Å². The van der Waals surface area contributed by atoms with Gasteiger partial charge in [-0.15, -0.1) is 0 Å². The van der Waals surface area contributed by atoms with Crippen LogP contribution in [0.3, 0.4) is 0 Å². The second-order valence-corrected chi connectivity index (χ2v) is 3.72. The van der Waals surface area contributed by atoms with E-state index in [0.29, 0.717) is 0 Å². The van der Waals surface area contributed by atoms with E-state index in [1.54, 1.807) is 0 Å². The van der Waals surface area contributed by atoms with Crippen LogP contribution in [0.25, 0.3) is 0 Å². The van der Waals surface area contributed by atoms with E-state index in [4.69, 9.17) is 0 Å². The van der Waals surface area contributed by atoms with Crippen molar-refractivity contribution < 1.29 is 0 Å². The Hall–Kier alpha value is -0.300. The maximum atomic E-state index is 2.50. The van der Waals surface area contributed by atoms with Crippen molar-refractivity contribution in [1.29, 1.82) is 0 Å². The molecule has 0 N–H and O–H groups in total. The number of hydrogen-bond donors (Lipinski definition) is 0. The Kier molecular flexibility index (Phi) is 7.17. The van der Waals surface area contributed by atoms with Gasteiger partial charge in [-0.1, -0.05) is 32.9 Å². The van der Waals surface area contributed by atoms with Crippen LogP contribution in [0.1, 0.15) is 34.1 Å². The molecule has 0 aliphatic carbocycles. The van der Waals surface area contributed by atoms with Gasteiger partial charge in [-0.2, -0.15) is 0 Å². The molecule has 0 aliphatic heterocycles. The van der Waals surface area contributed by atoms with Gasteiger partial charge in [0.05, 0.1) is 0 Å². The summed E-state index contributed by atoms with van der Waals surface area (Å²) in [4.78, 5) is 2.50. The molecule has 0 bridgehead atoms. The minimum Gasteiger partial charge on any atom is -0.299 e. The lowest BCUT2D eigenvalue weighted by Crippen LogP contribution is -2.28. The first-order valence-electron chi connectivity index (χ1n) is 5.04. The Morgan fingerprint density at radius 1 is 1.33 bits per heavy atom. The highest BCUT2D eigenvalue weighted by Gasteiger charge is 2.03. The quantitative estimate of drug-likeness (QED) is 0.553. The minimum atomic E-state index is 0.779. The highest BCUT2D eigenvalue weighted by molar-refractivity contribution is 4.81. The van der Waals surface area contributed by atoms with Gasteiger partial charge in [-0.05, 0) is 25.8 Å². The molecule has 0 aromatic heterocycles. The maximum absolute atomic E-state index is 2.50. The van der Waals surface area contributed by atoms with Crippen LogP contribution in [0.2, 0.25) is 0 Å². The first-order valence-corrected chi connectivity index (χ1v) is 5.04. The van der Waals surface area contributed by atoms with Gasteiger partial charge in [0, 0.05) is 13.1 Å². The van der Waals surface area contributed by atoms with Gasteiger partial charge in [-0.3, -0.25) is 4.90 Å². The molecule has 0 spiro atoms. The Morgan fingerprint density at radius 3 is 2.42 bits per heavy atom. The normalized spacial score (nSPS) is 12.2. The molecule has 0 saturated carbocycles. The fourth-order valence-electron chi connectivity index (χ4n) is 1.34. The van der Waals surface area contributed by atoms with Crippen molar-refractivity contribution in [2.24, 2.45) is 5.92 Å². The predicted octanol–water partition coefficient (Wildman–Crippen LogP) is 2.93. The first-order chi connectivity index (χ1) is 5.70. The van der Waals surface area contributed by atoms with E-state index in [9.17, 15) is 0 Å². The van der Waals surface area contributed by atoms with Crippen molar-refractivity contribution >= 4 is 0 Å². The standard InChI is InChI=1S/C11H23N/c1-5-7-9-12(8-6-2)10-11(3)4/h5,7,11H,6,8-10H2,1-4H3/b7-5+. The van der Waals surface area contributed by atoms with Crippen molar-refractivity contribution in [1.82, 2.24) is 4.90 Å². The molecule has 72 valence electrons. The molecule has 1 nitrogen and oxygen atoms in total. The number of allylic oxidation sites excluding steroid dienone is 1. The van der Waals surface area contributed by atoms with Crippen LogP contribution in [0.15, 0.2) is 12.2 Å². The lowest BCUT2D eigenvalue weighted by atomic mass is 10.2. The third-order valence-corrected chi connectivity index (χ3v) is 1.76. The molecule has 12 heavy (non-hydrogen) atoms. The van der Waals surface area contributed by atoms with Crippen LogP contribution in [0.5, 0.6) is 0 Å². The third kappa shape index (κ3) is 6.41. The Morgan fingerprint density at radius 2 is 2.00 bits per heavy atom. The fourth-order valence-corrected chi connectivity index (χ4v) is 1.34. The van der Waals surface area contributed by atoms with Gasteiger partial charge >= 0.3 is 0 Å². The van der Waals surface area contributed by atoms with Gasteiger partial charge in [0.25, 0.3) is 0 Å². The molecule has 0 aromatic carbocycles. The molecule has 0 atom stereocenters. The van der Waals surface area contributed by atoms with Crippen molar-refractivity contribution in [3.8, 4) is 0 Å². The topological polar surface area (TPSA) is 3.24 Å². The minimum absolute atomic E-state index is 0.779. The molecule has 1 heteroatoms. The molecule has 0 saturated heterocycles. The summed E-state index contributed by atoms with van der Waals surface area (Å²) in [6.07, 6.45) is 5.62. The van der Waals surface area contributed by atoms with Crippen LogP contribution in [0, 0.1) is 5.92 Å². The summed E-state index contributed by atoms with van der Waals surface area (Å²) >= 11 is 0. The van der Waals surface area contributed by atoms with Crippen LogP contribution in [-0.4, -0.2) is 24.5 Å². The second-order valence-electron chi connectivity index (χ2n) is 3.72. The highest BCUT2D eigenvalue weighted by Crippen LogP contribution is 1.99. The molecule has 0 radical (unpaired) electrons. The first kappa shape index (κ1) is 11.7. The maximum Gasteiger partial charge on any atom is 0.0163 e. The zero-order chi connectivity index (χ0) is 9.40. The summed E-state index contributed by atoms with van der Waals surface area (Å²) < 4.78 is 0. The molecule has 0 heterocycles. The van der Waals surface area contributed by atoms with E-state index in [1.165, 1.54) is 19.5 Å². The molecule has 0 amide bonds. The van der Waals surface area contributed by atoms with Crippen molar-refractivity contribution in [2.75, 3.05) is 19.6 Å². The fraction of sp³-hybridized carbons (Fsp3) is 0.818. The Bertz CT molecular complexity index is 116. The average molecular weight is 169 g/mol. The average Bonchev–Trinajstić information content (AvgIpc) is 2.00. The van der Waals surface area contributed by atoms with Crippen molar-refractivity contribution in [2.45, 2.75) is 34.1 Å². The van der Waals surface area contributed by atoms with Crippen LogP contribution in [0.4, 0.5) is 0 Å². The van der Waals surface area contributed by atoms with Crippen LogP contribution in [-0.2, 0) is 0 Å². The van der Waals surface area contributed by atoms with E-state index in [-0.39, 0.29) is 0 Å².